The summed E-state index contributed by atoms with van der Waals surface area (Å²) < 4.78 is 0. The maximum atomic E-state index is 12.1. The van der Waals surface area contributed by atoms with Crippen molar-refractivity contribution in [3.8, 4) is 0 Å². The second-order valence-electron chi connectivity index (χ2n) is 8.25. The highest BCUT2D eigenvalue weighted by Crippen LogP contribution is 2.59. The lowest BCUT2D eigenvalue weighted by molar-refractivity contribution is -0.127. The molecule has 4 bridgehead atoms. The van der Waals surface area contributed by atoms with Gasteiger partial charge in [-0.25, -0.2) is 0 Å². The van der Waals surface area contributed by atoms with E-state index in [0.717, 1.165) is 29.9 Å². The van der Waals surface area contributed by atoms with Crippen molar-refractivity contribution >= 4 is 23.7 Å². The number of oxime groups is 1. The van der Waals surface area contributed by atoms with E-state index in [0.29, 0.717) is 10.4 Å². The van der Waals surface area contributed by atoms with E-state index in [1.807, 2.05) is 12.1 Å². The quantitative estimate of drug-likeness (QED) is 0.615. The fourth-order valence-corrected chi connectivity index (χ4v) is 5.71. The SMILES string of the molecule is O=C(CO/N=C\c1ccc(Cl)cc1)NCC12CC3CC(CC(C3)C1)C2. The predicted molar refractivity (Wildman–Crippen MR) is 98.6 cm³/mol. The van der Waals surface area contributed by atoms with E-state index in [1.54, 1.807) is 18.3 Å². The molecule has 5 heteroatoms. The number of halogens is 1. The molecule has 0 saturated heterocycles. The Morgan fingerprint density at radius 2 is 1.76 bits per heavy atom. The van der Waals surface area contributed by atoms with Crippen molar-refractivity contribution in [1.82, 2.24) is 5.32 Å². The van der Waals surface area contributed by atoms with Crippen LogP contribution >= 0.6 is 11.6 Å². The van der Waals surface area contributed by atoms with Crippen LogP contribution in [-0.4, -0.2) is 25.3 Å². The van der Waals surface area contributed by atoms with Crippen LogP contribution in [0, 0.1) is 23.2 Å². The number of hydrogen-bond acceptors (Lipinski definition) is 3. The van der Waals surface area contributed by atoms with Crippen molar-refractivity contribution in [3.05, 3.63) is 34.9 Å². The minimum Gasteiger partial charge on any atom is -0.386 e. The summed E-state index contributed by atoms with van der Waals surface area (Å²) in [5.74, 6) is 2.64. The molecule has 1 amide bonds. The molecule has 0 radical (unpaired) electrons. The fraction of sp³-hybridized carbons (Fsp3) is 0.600. The first kappa shape index (κ1) is 16.9. The minimum absolute atomic E-state index is 0.0313. The van der Waals surface area contributed by atoms with Gasteiger partial charge in [0.15, 0.2) is 6.61 Å². The molecule has 1 aromatic carbocycles. The first-order valence-electron chi connectivity index (χ1n) is 9.28. The topological polar surface area (TPSA) is 50.7 Å². The van der Waals surface area contributed by atoms with Gasteiger partial charge >= 0.3 is 0 Å². The van der Waals surface area contributed by atoms with Crippen LogP contribution in [0.3, 0.4) is 0 Å². The number of hydrogen-bond donors (Lipinski definition) is 1. The molecule has 1 N–H and O–H groups in total. The van der Waals surface area contributed by atoms with Crippen LogP contribution in [0.5, 0.6) is 0 Å². The Hall–Kier alpha value is -1.55. The van der Waals surface area contributed by atoms with Crippen molar-refractivity contribution in [2.24, 2.45) is 28.3 Å². The van der Waals surface area contributed by atoms with Crippen molar-refractivity contribution < 1.29 is 9.63 Å². The van der Waals surface area contributed by atoms with Gasteiger partial charge in [-0.3, -0.25) is 4.79 Å². The van der Waals surface area contributed by atoms with Crippen LogP contribution in [0.2, 0.25) is 5.02 Å². The lowest BCUT2D eigenvalue weighted by Crippen LogP contribution is -2.51. The number of amides is 1. The van der Waals surface area contributed by atoms with Gasteiger partial charge in [0.05, 0.1) is 6.21 Å². The maximum absolute atomic E-state index is 12.1. The standard InChI is InChI=1S/C20H25ClN2O2/c21-18-3-1-14(2-4-18)11-23-25-12-19(24)22-13-20-8-15-5-16(9-20)7-17(6-15)10-20/h1-4,11,15-17H,5-10,12-13H2,(H,22,24)/b23-11-. The summed E-state index contributed by atoms with van der Waals surface area (Å²) in [4.78, 5) is 17.2. The van der Waals surface area contributed by atoms with Gasteiger partial charge in [-0.1, -0.05) is 28.9 Å². The van der Waals surface area contributed by atoms with Crippen LogP contribution < -0.4 is 5.32 Å². The smallest absolute Gasteiger partial charge is 0.260 e. The van der Waals surface area contributed by atoms with Crippen molar-refractivity contribution in [3.63, 3.8) is 0 Å². The Kier molecular flexibility index (Phi) is 4.72. The van der Waals surface area contributed by atoms with E-state index in [4.69, 9.17) is 16.4 Å². The fourth-order valence-electron chi connectivity index (χ4n) is 5.59. The van der Waals surface area contributed by atoms with E-state index in [1.165, 1.54) is 38.5 Å². The van der Waals surface area contributed by atoms with Crippen LogP contribution in [-0.2, 0) is 9.63 Å². The molecule has 0 unspecified atom stereocenters. The Morgan fingerprint density at radius 1 is 1.16 bits per heavy atom. The van der Waals surface area contributed by atoms with E-state index in [-0.39, 0.29) is 12.5 Å². The molecule has 4 aliphatic carbocycles. The zero-order chi connectivity index (χ0) is 17.3. The Morgan fingerprint density at radius 3 is 2.36 bits per heavy atom. The normalized spacial score (nSPS) is 32.9. The first-order chi connectivity index (χ1) is 12.1. The molecular formula is C20H25ClN2O2. The van der Waals surface area contributed by atoms with Crippen molar-refractivity contribution in [1.29, 1.82) is 0 Å². The lowest BCUT2D eigenvalue weighted by atomic mass is 9.49. The van der Waals surface area contributed by atoms with Crippen molar-refractivity contribution in [2.75, 3.05) is 13.2 Å². The third-order valence-electron chi connectivity index (χ3n) is 6.17. The monoisotopic (exact) mass is 360 g/mol. The number of nitrogens with zero attached hydrogens (tertiary/aromatic N) is 1. The summed E-state index contributed by atoms with van der Waals surface area (Å²) in [7, 11) is 0. The zero-order valence-corrected chi connectivity index (χ0v) is 15.2. The summed E-state index contributed by atoms with van der Waals surface area (Å²) in [6.45, 7) is 0.774. The average molecular weight is 361 g/mol. The Balaban J connectivity index is 1.21. The molecule has 4 saturated carbocycles. The summed E-state index contributed by atoms with van der Waals surface area (Å²) in [5, 5.41) is 7.63. The van der Waals surface area contributed by atoms with Gasteiger partial charge in [-0.05, 0) is 79.4 Å². The van der Waals surface area contributed by atoms with Crippen LogP contribution in [0.15, 0.2) is 29.4 Å². The molecule has 4 fully saturated rings. The minimum atomic E-state index is -0.0796. The highest BCUT2D eigenvalue weighted by molar-refractivity contribution is 6.30. The van der Waals surface area contributed by atoms with Gasteiger partial charge < -0.3 is 10.2 Å². The summed E-state index contributed by atoms with van der Waals surface area (Å²) in [5.41, 5.74) is 1.25. The predicted octanol–water partition coefficient (Wildman–Crippen LogP) is 4.02. The molecule has 4 nitrogen and oxygen atoms in total. The highest BCUT2D eigenvalue weighted by atomic mass is 35.5. The highest BCUT2D eigenvalue weighted by Gasteiger charge is 2.50. The second kappa shape index (κ2) is 6.99. The van der Waals surface area contributed by atoms with E-state index in [9.17, 15) is 4.79 Å². The molecule has 0 aliphatic heterocycles. The summed E-state index contributed by atoms with van der Waals surface area (Å²) >= 11 is 5.83. The first-order valence-corrected chi connectivity index (χ1v) is 9.66. The second-order valence-corrected chi connectivity index (χ2v) is 8.69. The average Bonchev–Trinajstić information content (AvgIpc) is 2.57. The number of carbonyl (C=O) groups excluding carboxylic acids is 1. The van der Waals surface area contributed by atoms with Gasteiger partial charge in [0.25, 0.3) is 5.91 Å². The number of nitrogens with one attached hydrogen (secondary N) is 1. The van der Waals surface area contributed by atoms with Gasteiger partial charge in [0.2, 0.25) is 0 Å². The van der Waals surface area contributed by atoms with Gasteiger partial charge in [0, 0.05) is 11.6 Å². The number of benzene rings is 1. The summed E-state index contributed by atoms with van der Waals surface area (Å²) in [6, 6.07) is 7.28. The van der Waals surface area contributed by atoms with Crippen LogP contribution in [0.25, 0.3) is 0 Å². The molecule has 25 heavy (non-hydrogen) atoms. The van der Waals surface area contributed by atoms with Crippen LogP contribution in [0.1, 0.15) is 44.1 Å². The van der Waals surface area contributed by atoms with E-state index in [2.05, 4.69) is 10.5 Å². The van der Waals surface area contributed by atoms with Gasteiger partial charge in [0.1, 0.15) is 0 Å². The maximum Gasteiger partial charge on any atom is 0.260 e. The van der Waals surface area contributed by atoms with Crippen LogP contribution in [0.4, 0.5) is 0 Å². The molecule has 0 spiro atoms. The number of rotatable bonds is 6. The van der Waals surface area contributed by atoms with Gasteiger partial charge in [-0.2, -0.15) is 0 Å². The molecule has 0 heterocycles. The molecule has 0 aromatic heterocycles. The molecule has 5 rings (SSSR count). The lowest BCUT2D eigenvalue weighted by Gasteiger charge is -2.56. The largest absolute Gasteiger partial charge is 0.386 e. The Bertz CT molecular complexity index is 621. The molecular weight excluding hydrogens is 336 g/mol. The van der Waals surface area contributed by atoms with E-state index < -0.39 is 0 Å². The summed E-state index contributed by atoms with van der Waals surface area (Å²) in [6.07, 6.45) is 9.77. The van der Waals surface area contributed by atoms with Crippen molar-refractivity contribution in [2.45, 2.75) is 38.5 Å². The third-order valence-corrected chi connectivity index (χ3v) is 6.42. The van der Waals surface area contributed by atoms with Gasteiger partial charge in [-0.15, -0.1) is 0 Å². The molecule has 134 valence electrons. The Labute approximate surface area is 154 Å². The zero-order valence-electron chi connectivity index (χ0n) is 14.4. The molecule has 1 aromatic rings. The number of carbonyl (C=O) groups is 1. The third kappa shape index (κ3) is 4.00. The molecule has 0 atom stereocenters. The molecule has 4 aliphatic rings. The van der Waals surface area contributed by atoms with E-state index >= 15 is 0 Å².